The van der Waals surface area contributed by atoms with Crippen molar-refractivity contribution in [3.8, 4) is 5.75 Å². The van der Waals surface area contributed by atoms with E-state index in [0.29, 0.717) is 29.1 Å². The molecule has 3 amide bonds. The Hall–Kier alpha value is -4.68. The predicted molar refractivity (Wildman–Crippen MR) is 170 cm³/mol. The topological polar surface area (TPSA) is 124 Å². The van der Waals surface area contributed by atoms with Crippen molar-refractivity contribution < 1.29 is 22.7 Å². The molecule has 11 nitrogen and oxygen atoms in total. The molecular formula is C32H36N6O5S. The maximum absolute atomic E-state index is 14.3. The molecule has 1 aliphatic heterocycles. The number of hydrogen-bond acceptors (Lipinski definition) is 7. The average molecular weight is 617 g/mol. The van der Waals surface area contributed by atoms with Crippen LogP contribution in [0.15, 0.2) is 90.0 Å². The van der Waals surface area contributed by atoms with Gasteiger partial charge in [0, 0.05) is 62.1 Å². The van der Waals surface area contributed by atoms with Crippen LogP contribution in [0.4, 0.5) is 16.2 Å². The molecule has 2 heterocycles. The quantitative estimate of drug-likeness (QED) is 0.292. The van der Waals surface area contributed by atoms with Crippen molar-refractivity contribution in [1.29, 1.82) is 0 Å². The molecule has 0 saturated carbocycles. The summed E-state index contributed by atoms with van der Waals surface area (Å²) in [5.74, 6) is 0.159. The van der Waals surface area contributed by atoms with Crippen molar-refractivity contribution in [3.63, 3.8) is 0 Å². The van der Waals surface area contributed by atoms with E-state index in [-0.39, 0.29) is 31.1 Å². The van der Waals surface area contributed by atoms with Gasteiger partial charge in [-0.1, -0.05) is 30.3 Å². The van der Waals surface area contributed by atoms with Gasteiger partial charge in [-0.15, -0.1) is 0 Å². The molecule has 1 unspecified atom stereocenters. The van der Waals surface area contributed by atoms with Crippen molar-refractivity contribution in [2.24, 2.45) is 0 Å². The summed E-state index contributed by atoms with van der Waals surface area (Å²) in [6, 6.07) is 21.4. The van der Waals surface area contributed by atoms with E-state index in [1.54, 1.807) is 66.9 Å². The Bertz CT molecular complexity index is 1730. The molecule has 12 heteroatoms. The van der Waals surface area contributed by atoms with Gasteiger partial charge in [0.15, 0.2) is 0 Å². The fourth-order valence-electron chi connectivity index (χ4n) is 5.26. The molecule has 0 aliphatic carbocycles. The molecule has 3 aromatic carbocycles. The fraction of sp³-hybridized carbons (Fsp3) is 0.281. The van der Waals surface area contributed by atoms with Crippen LogP contribution in [-0.2, 0) is 21.4 Å². The van der Waals surface area contributed by atoms with Crippen molar-refractivity contribution >= 4 is 44.1 Å². The van der Waals surface area contributed by atoms with Gasteiger partial charge in [-0.2, -0.15) is 4.31 Å². The Morgan fingerprint density at radius 1 is 0.955 bits per heavy atom. The minimum Gasteiger partial charge on any atom is -0.494 e. The van der Waals surface area contributed by atoms with Crippen molar-refractivity contribution in [2.45, 2.75) is 24.4 Å². The lowest BCUT2D eigenvalue weighted by Gasteiger charge is -2.39. The molecule has 1 aliphatic rings. The number of piperazine rings is 1. The monoisotopic (exact) mass is 616 g/mol. The molecule has 1 fully saturated rings. The third-order valence-electron chi connectivity index (χ3n) is 7.44. The zero-order chi connectivity index (χ0) is 31.3. The molecule has 44 heavy (non-hydrogen) atoms. The van der Waals surface area contributed by atoms with Gasteiger partial charge in [0.2, 0.25) is 15.9 Å². The highest BCUT2D eigenvalue weighted by Crippen LogP contribution is 2.33. The highest BCUT2D eigenvalue weighted by molar-refractivity contribution is 7.89. The smallest absolute Gasteiger partial charge is 0.321 e. The van der Waals surface area contributed by atoms with Crippen LogP contribution in [0.1, 0.15) is 12.6 Å². The number of nitrogens with one attached hydrogen (secondary N) is 2. The molecule has 5 rings (SSSR count). The summed E-state index contributed by atoms with van der Waals surface area (Å²) < 4.78 is 35.3. The number of nitrogens with zero attached hydrogens (tertiary/aromatic N) is 4. The van der Waals surface area contributed by atoms with E-state index in [4.69, 9.17) is 4.74 Å². The van der Waals surface area contributed by atoms with Crippen LogP contribution in [0.2, 0.25) is 0 Å². The van der Waals surface area contributed by atoms with E-state index in [1.807, 2.05) is 44.1 Å². The first kappa shape index (κ1) is 30.8. The molecule has 1 atom stereocenters. The molecule has 1 aromatic heterocycles. The molecule has 0 bridgehead atoms. The van der Waals surface area contributed by atoms with E-state index in [0.717, 1.165) is 11.1 Å². The highest BCUT2D eigenvalue weighted by Gasteiger charge is 2.42. The molecular weight excluding hydrogens is 580 g/mol. The van der Waals surface area contributed by atoms with Crippen LogP contribution >= 0.6 is 0 Å². The molecule has 0 radical (unpaired) electrons. The van der Waals surface area contributed by atoms with Crippen LogP contribution in [0.25, 0.3) is 10.8 Å². The summed E-state index contributed by atoms with van der Waals surface area (Å²) in [5.41, 5.74) is 2.05. The maximum Gasteiger partial charge on any atom is 0.321 e. The highest BCUT2D eigenvalue weighted by atomic mass is 32.2. The molecule has 0 spiro atoms. The first-order valence-electron chi connectivity index (χ1n) is 14.4. The first-order chi connectivity index (χ1) is 21.2. The lowest BCUT2D eigenvalue weighted by Crippen LogP contribution is -2.61. The van der Waals surface area contributed by atoms with E-state index in [1.165, 1.54) is 9.21 Å². The lowest BCUT2D eigenvalue weighted by atomic mass is 10.1. The summed E-state index contributed by atoms with van der Waals surface area (Å²) in [7, 11) is -0.364. The maximum atomic E-state index is 14.3. The number of urea groups is 1. The lowest BCUT2D eigenvalue weighted by molar-refractivity contribution is -0.126. The number of fused-ring (bicyclic) bond motifs is 1. The van der Waals surface area contributed by atoms with Crippen molar-refractivity contribution in [1.82, 2.24) is 19.5 Å². The van der Waals surface area contributed by atoms with Crippen LogP contribution in [0, 0.1) is 0 Å². The summed E-state index contributed by atoms with van der Waals surface area (Å²) in [4.78, 5) is 34.7. The van der Waals surface area contributed by atoms with E-state index in [2.05, 4.69) is 15.6 Å². The van der Waals surface area contributed by atoms with Crippen LogP contribution < -0.4 is 20.3 Å². The number of ether oxygens (including phenoxy) is 1. The number of carbonyl (C=O) groups excluding carboxylic acids is 2. The number of carbonyl (C=O) groups is 2. The minimum atomic E-state index is -4.16. The van der Waals surface area contributed by atoms with Gasteiger partial charge in [0.25, 0.3) is 0 Å². The number of aromatic nitrogens is 1. The normalized spacial score (nSPS) is 15.5. The Kier molecular flexibility index (Phi) is 9.31. The first-order valence-corrected chi connectivity index (χ1v) is 15.8. The number of hydrogen-bond donors (Lipinski definition) is 2. The standard InChI is InChI=1S/C32H36N6O5S/c1-4-43-25-16-14-23(15-17-25)35-32(40)37-19-20-38(29(22-37)31(39)34-21-24-9-5-6-18-33-24)44(41,42)30-13-8-10-26-27(30)11-7-12-28(26)36(2)3/h5-18,29H,4,19-22H2,1-3H3,(H,34,39)(H,35,40). The van der Waals surface area contributed by atoms with Crippen molar-refractivity contribution in [2.75, 3.05) is 50.6 Å². The number of anilines is 2. The summed E-state index contributed by atoms with van der Waals surface area (Å²) >= 11 is 0. The van der Waals surface area contributed by atoms with E-state index >= 15 is 0 Å². The molecule has 2 N–H and O–H groups in total. The van der Waals surface area contributed by atoms with Crippen LogP contribution in [0.5, 0.6) is 5.75 Å². The van der Waals surface area contributed by atoms with Crippen molar-refractivity contribution in [3.05, 3.63) is 90.8 Å². The van der Waals surface area contributed by atoms with Gasteiger partial charge in [-0.3, -0.25) is 9.78 Å². The average Bonchev–Trinajstić information content (AvgIpc) is 3.04. The van der Waals surface area contributed by atoms with Gasteiger partial charge in [-0.25, -0.2) is 13.2 Å². The molecule has 230 valence electrons. The Morgan fingerprint density at radius 3 is 2.41 bits per heavy atom. The Labute approximate surface area is 257 Å². The summed E-state index contributed by atoms with van der Waals surface area (Å²) in [6.45, 7) is 2.43. The zero-order valence-electron chi connectivity index (χ0n) is 24.9. The Balaban J connectivity index is 1.43. The second kappa shape index (κ2) is 13.3. The van der Waals surface area contributed by atoms with E-state index < -0.39 is 28.0 Å². The van der Waals surface area contributed by atoms with Gasteiger partial charge in [0.1, 0.15) is 11.8 Å². The number of amides is 3. The van der Waals surface area contributed by atoms with Gasteiger partial charge in [0.05, 0.1) is 23.7 Å². The van der Waals surface area contributed by atoms with Crippen LogP contribution in [-0.4, -0.2) is 80.9 Å². The SMILES string of the molecule is CCOc1ccc(NC(=O)N2CCN(S(=O)(=O)c3cccc4c(N(C)C)cccc34)C(C(=O)NCc3ccccn3)C2)cc1. The number of benzene rings is 3. The summed E-state index contributed by atoms with van der Waals surface area (Å²) in [5, 5.41) is 7.00. The molecule has 1 saturated heterocycles. The second-order valence-electron chi connectivity index (χ2n) is 10.5. The van der Waals surface area contributed by atoms with Gasteiger partial charge >= 0.3 is 6.03 Å². The largest absolute Gasteiger partial charge is 0.494 e. The second-order valence-corrected chi connectivity index (χ2v) is 12.4. The third kappa shape index (κ3) is 6.61. The number of pyridine rings is 1. The zero-order valence-corrected chi connectivity index (χ0v) is 25.8. The van der Waals surface area contributed by atoms with Gasteiger partial charge in [-0.05, 0) is 55.5 Å². The minimum absolute atomic E-state index is 0.0650. The number of rotatable bonds is 9. The number of sulfonamides is 1. The third-order valence-corrected chi connectivity index (χ3v) is 9.40. The fourth-order valence-corrected chi connectivity index (χ4v) is 7.04. The molecule has 4 aromatic rings. The predicted octanol–water partition coefficient (Wildman–Crippen LogP) is 3.92. The Morgan fingerprint density at radius 2 is 1.70 bits per heavy atom. The summed E-state index contributed by atoms with van der Waals surface area (Å²) in [6.07, 6.45) is 1.62. The van der Waals surface area contributed by atoms with Crippen LogP contribution in [0.3, 0.4) is 0 Å². The van der Waals surface area contributed by atoms with E-state index in [9.17, 15) is 18.0 Å². The van der Waals surface area contributed by atoms with Gasteiger partial charge < -0.3 is 25.2 Å².